The summed E-state index contributed by atoms with van der Waals surface area (Å²) in [6.45, 7) is 5.27. The third-order valence-electron chi connectivity index (χ3n) is 2.62. The third-order valence-corrected chi connectivity index (χ3v) is 3.47. The second-order valence-corrected chi connectivity index (χ2v) is 5.63. The summed E-state index contributed by atoms with van der Waals surface area (Å²) in [4.78, 5) is 14.9. The fourth-order valence-corrected chi connectivity index (χ4v) is 2.35. The summed E-state index contributed by atoms with van der Waals surface area (Å²) < 4.78 is 0. The lowest BCUT2D eigenvalue weighted by Crippen LogP contribution is -2.21. The summed E-state index contributed by atoms with van der Waals surface area (Å²) >= 11 is 1.15. The van der Waals surface area contributed by atoms with Gasteiger partial charge in [0.2, 0.25) is 0 Å². The lowest BCUT2D eigenvalue weighted by Gasteiger charge is -2.18. The Morgan fingerprint density at radius 3 is 2.67 bits per heavy atom. The van der Waals surface area contributed by atoms with Crippen LogP contribution in [0.15, 0.2) is 12.3 Å². The number of nitrogens with zero attached hydrogens (tertiary/aromatic N) is 1. The minimum Gasteiger partial charge on any atom is -0.390 e. The lowest BCUT2D eigenvalue weighted by atomic mass is 10.0. The van der Waals surface area contributed by atoms with Gasteiger partial charge in [0.25, 0.3) is 0 Å². The molecule has 2 unspecified atom stereocenters. The van der Waals surface area contributed by atoms with Crippen molar-refractivity contribution in [3.05, 3.63) is 29.1 Å². The van der Waals surface area contributed by atoms with Crippen LogP contribution in [-0.2, 0) is 4.79 Å². The Hall–Kier alpha value is -0.910. The van der Waals surface area contributed by atoms with Gasteiger partial charge in [0.1, 0.15) is 6.10 Å². The highest BCUT2D eigenvalue weighted by atomic mass is 32.2. The lowest BCUT2D eigenvalue weighted by molar-refractivity contribution is -0.109. The van der Waals surface area contributed by atoms with Gasteiger partial charge in [-0.3, -0.25) is 9.78 Å². The molecule has 0 spiro atoms. The van der Waals surface area contributed by atoms with E-state index in [1.165, 1.54) is 6.92 Å². The maximum absolute atomic E-state index is 10.8. The van der Waals surface area contributed by atoms with Gasteiger partial charge in [0.05, 0.1) is 11.8 Å². The molecule has 1 heterocycles. The molecule has 0 aliphatic rings. The summed E-state index contributed by atoms with van der Waals surface area (Å²) in [7, 11) is 0. The van der Waals surface area contributed by atoms with Crippen molar-refractivity contribution in [1.29, 1.82) is 0 Å². The molecule has 0 amide bonds. The van der Waals surface area contributed by atoms with Crippen LogP contribution < -0.4 is 0 Å². The molecule has 1 aromatic rings. The molecule has 0 saturated heterocycles. The number of aliphatic hydroxyl groups excluding tert-OH is 2. The molecule has 2 atom stereocenters. The predicted octanol–water partition coefficient (Wildman–Crippen LogP) is 1.76. The summed E-state index contributed by atoms with van der Waals surface area (Å²) in [6, 6.07) is 1.92. The molecule has 2 N–H and O–H groups in total. The van der Waals surface area contributed by atoms with Crippen molar-refractivity contribution in [2.24, 2.45) is 0 Å². The summed E-state index contributed by atoms with van der Waals surface area (Å²) in [6.07, 6.45) is 0.132. The predicted molar refractivity (Wildman–Crippen MR) is 72.4 cm³/mol. The van der Waals surface area contributed by atoms with Gasteiger partial charge in [-0.25, -0.2) is 0 Å². The Morgan fingerprint density at radius 2 is 2.11 bits per heavy atom. The second-order valence-electron chi connectivity index (χ2n) is 4.36. The van der Waals surface area contributed by atoms with Crippen LogP contribution >= 0.6 is 11.8 Å². The van der Waals surface area contributed by atoms with Crippen molar-refractivity contribution < 1.29 is 15.0 Å². The number of carbonyl (C=O) groups excluding carboxylic acids is 1. The van der Waals surface area contributed by atoms with Crippen LogP contribution in [0, 0.1) is 13.8 Å². The molecule has 0 radical (unpaired) electrons. The van der Waals surface area contributed by atoms with Gasteiger partial charge in [-0.1, -0.05) is 17.8 Å². The van der Waals surface area contributed by atoms with E-state index >= 15 is 0 Å². The summed E-state index contributed by atoms with van der Waals surface area (Å²) in [5.74, 6) is 0.498. The van der Waals surface area contributed by atoms with E-state index in [2.05, 4.69) is 4.98 Å². The van der Waals surface area contributed by atoms with E-state index in [0.717, 1.165) is 22.9 Å². The Bertz CT molecular complexity index is 423. The van der Waals surface area contributed by atoms with Crippen LogP contribution in [-0.4, -0.2) is 32.2 Å². The monoisotopic (exact) mass is 269 g/mol. The van der Waals surface area contributed by atoms with Crippen LogP contribution in [0.2, 0.25) is 0 Å². The topological polar surface area (TPSA) is 70.4 Å². The number of aliphatic hydroxyl groups is 2. The van der Waals surface area contributed by atoms with E-state index in [1.807, 2.05) is 19.9 Å². The van der Waals surface area contributed by atoms with E-state index in [9.17, 15) is 15.0 Å². The number of rotatable bonds is 5. The van der Waals surface area contributed by atoms with Crippen LogP contribution in [0.4, 0.5) is 0 Å². The Morgan fingerprint density at radius 1 is 1.44 bits per heavy atom. The van der Waals surface area contributed by atoms with Gasteiger partial charge in [0.15, 0.2) is 5.12 Å². The standard InChI is InChI=1S/C13H19NO3S/c1-8-6-9(2)12(14-7-8)13(17)11(16)4-5-18-10(3)15/h6-7,11,13,16-17H,4-5H2,1-3H3. The van der Waals surface area contributed by atoms with Crippen molar-refractivity contribution in [2.75, 3.05) is 5.75 Å². The fraction of sp³-hybridized carbons (Fsp3) is 0.538. The first kappa shape index (κ1) is 15.1. The second kappa shape index (κ2) is 6.87. The van der Waals surface area contributed by atoms with Crippen molar-refractivity contribution >= 4 is 16.9 Å². The largest absolute Gasteiger partial charge is 0.390 e. The van der Waals surface area contributed by atoms with Gasteiger partial charge >= 0.3 is 0 Å². The highest BCUT2D eigenvalue weighted by Gasteiger charge is 2.21. The fourth-order valence-electron chi connectivity index (χ4n) is 1.70. The van der Waals surface area contributed by atoms with Crippen molar-refractivity contribution in [3.63, 3.8) is 0 Å². The van der Waals surface area contributed by atoms with E-state index in [4.69, 9.17) is 0 Å². The molecule has 0 aliphatic carbocycles. The van der Waals surface area contributed by atoms with Gasteiger partial charge in [0, 0.05) is 18.9 Å². The first-order chi connectivity index (χ1) is 8.41. The number of carbonyl (C=O) groups is 1. The average molecular weight is 269 g/mol. The number of hydrogen-bond acceptors (Lipinski definition) is 5. The van der Waals surface area contributed by atoms with Crippen LogP contribution in [0.25, 0.3) is 0 Å². The molecule has 4 nitrogen and oxygen atoms in total. The number of thioether (sulfide) groups is 1. The van der Waals surface area contributed by atoms with Crippen molar-refractivity contribution in [1.82, 2.24) is 4.98 Å². The molecule has 0 aromatic carbocycles. The smallest absolute Gasteiger partial charge is 0.185 e. The minimum absolute atomic E-state index is 0.0151. The molecule has 1 aromatic heterocycles. The van der Waals surface area contributed by atoms with Crippen molar-refractivity contribution in [3.8, 4) is 0 Å². The van der Waals surface area contributed by atoms with Gasteiger partial charge in [-0.2, -0.15) is 0 Å². The molecule has 0 bridgehead atoms. The number of aromatic nitrogens is 1. The molecule has 0 fully saturated rings. The molecular formula is C13H19NO3S. The number of hydrogen-bond donors (Lipinski definition) is 2. The Kier molecular flexibility index (Phi) is 5.78. The SMILES string of the molecule is CC(=O)SCCC(O)C(O)c1ncc(C)cc1C. The van der Waals surface area contributed by atoms with Crippen LogP contribution in [0.1, 0.15) is 36.3 Å². The van der Waals surface area contributed by atoms with E-state index in [1.54, 1.807) is 6.20 Å². The van der Waals surface area contributed by atoms with Gasteiger partial charge < -0.3 is 10.2 Å². The highest BCUT2D eigenvalue weighted by Crippen LogP contribution is 2.22. The molecule has 0 saturated carbocycles. The van der Waals surface area contributed by atoms with Gasteiger partial charge in [-0.05, 0) is 31.4 Å². The molecule has 5 heteroatoms. The Balaban J connectivity index is 2.62. The maximum Gasteiger partial charge on any atom is 0.185 e. The first-order valence-corrected chi connectivity index (χ1v) is 6.83. The zero-order valence-corrected chi connectivity index (χ0v) is 11.7. The molecule has 1 rings (SSSR count). The molecule has 18 heavy (non-hydrogen) atoms. The van der Waals surface area contributed by atoms with E-state index < -0.39 is 12.2 Å². The number of pyridine rings is 1. The van der Waals surface area contributed by atoms with Crippen molar-refractivity contribution in [2.45, 2.75) is 39.4 Å². The Labute approximate surface area is 111 Å². The molecular weight excluding hydrogens is 250 g/mol. The number of aryl methyl sites for hydroxylation is 2. The maximum atomic E-state index is 10.8. The summed E-state index contributed by atoms with van der Waals surface area (Å²) in [5.41, 5.74) is 2.38. The molecule has 100 valence electrons. The van der Waals surface area contributed by atoms with E-state index in [-0.39, 0.29) is 5.12 Å². The third kappa shape index (κ3) is 4.40. The molecule has 0 aliphatic heterocycles. The van der Waals surface area contributed by atoms with E-state index in [0.29, 0.717) is 17.9 Å². The zero-order chi connectivity index (χ0) is 13.7. The average Bonchev–Trinajstić information content (AvgIpc) is 2.27. The quantitative estimate of drug-likeness (QED) is 0.852. The zero-order valence-electron chi connectivity index (χ0n) is 10.9. The minimum atomic E-state index is -1.00. The summed E-state index contributed by atoms with van der Waals surface area (Å²) in [5, 5.41) is 19.9. The highest BCUT2D eigenvalue weighted by molar-refractivity contribution is 8.13. The van der Waals surface area contributed by atoms with Crippen LogP contribution in [0.3, 0.4) is 0 Å². The first-order valence-electron chi connectivity index (χ1n) is 5.84. The van der Waals surface area contributed by atoms with Crippen LogP contribution in [0.5, 0.6) is 0 Å². The van der Waals surface area contributed by atoms with Gasteiger partial charge in [-0.15, -0.1) is 0 Å². The normalized spacial score (nSPS) is 14.3.